The maximum Gasteiger partial charge on any atom is 0.346 e. The van der Waals surface area contributed by atoms with Gasteiger partial charge in [0.05, 0.1) is 0 Å². The van der Waals surface area contributed by atoms with E-state index in [9.17, 15) is 9.90 Å². The zero-order valence-corrected chi connectivity index (χ0v) is 12.8. The Morgan fingerprint density at radius 1 is 1.38 bits per heavy atom. The van der Waals surface area contributed by atoms with E-state index in [0.29, 0.717) is 11.4 Å². The molecule has 5 heteroatoms. The van der Waals surface area contributed by atoms with Crippen molar-refractivity contribution < 1.29 is 14.6 Å². The summed E-state index contributed by atoms with van der Waals surface area (Å²) >= 11 is 1.35. The Balaban J connectivity index is 1.88. The maximum absolute atomic E-state index is 11.5. The van der Waals surface area contributed by atoms with E-state index in [1.54, 1.807) is 0 Å². The van der Waals surface area contributed by atoms with Crippen LogP contribution < -0.4 is 5.32 Å². The van der Waals surface area contributed by atoms with Gasteiger partial charge in [0.1, 0.15) is 4.88 Å². The van der Waals surface area contributed by atoms with E-state index in [2.05, 4.69) is 12.2 Å². The van der Waals surface area contributed by atoms with Crippen LogP contribution >= 0.6 is 11.3 Å². The topological polar surface area (TPSA) is 58.6 Å². The summed E-state index contributed by atoms with van der Waals surface area (Å²) in [4.78, 5) is 11.9. The highest BCUT2D eigenvalue weighted by atomic mass is 32.1. The molecule has 0 aliphatic carbocycles. The van der Waals surface area contributed by atoms with Crippen molar-refractivity contribution in [2.75, 3.05) is 13.2 Å². The van der Waals surface area contributed by atoms with Crippen molar-refractivity contribution in [1.29, 1.82) is 0 Å². The second kappa shape index (κ2) is 5.75. The molecule has 0 saturated carbocycles. The molecule has 1 aromatic heterocycles. The summed E-state index contributed by atoms with van der Waals surface area (Å²) in [6, 6.07) is 7.88. The van der Waals surface area contributed by atoms with Gasteiger partial charge in [0.15, 0.2) is 0 Å². The number of rotatable bonds is 4. The van der Waals surface area contributed by atoms with Gasteiger partial charge in [-0.3, -0.25) is 0 Å². The van der Waals surface area contributed by atoms with Crippen molar-refractivity contribution in [3.8, 4) is 0 Å². The normalized spacial score (nSPS) is 18.0. The molecular weight excluding hydrogens is 286 g/mol. The lowest BCUT2D eigenvalue weighted by Crippen LogP contribution is -2.46. The van der Waals surface area contributed by atoms with Crippen LogP contribution in [0.3, 0.4) is 0 Å². The Morgan fingerprint density at radius 3 is 2.81 bits per heavy atom. The molecule has 0 unspecified atom stereocenters. The number of nitrogens with one attached hydrogen (secondary N) is 1. The molecule has 1 fully saturated rings. The predicted molar refractivity (Wildman–Crippen MR) is 84.1 cm³/mol. The minimum atomic E-state index is -0.842. The fourth-order valence-electron chi connectivity index (χ4n) is 2.75. The number of benzene rings is 1. The third-order valence-electron chi connectivity index (χ3n) is 4.18. The van der Waals surface area contributed by atoms with Crippen LogP contribution in [0.4, 0.5) is 0 Å². The van der Waals surface area contributed by atoms with E-state index < -0.39 is 5.97 Å². The van der Waals surface area contributed by atoms with Crippen LogP contribution in [0, 0.1) is 0 Å². The number of carboxylic acid groups (broad SMARTS) is 1. The number of fused-ring (bicyclic) bond motifs is 1. The molecule has 2 N–H and O–H groups in total. The Labute approximate surface area is 127 Å². The Kier molecular flexibility index (Phi) is 3.97. The van der Waals surface area contributed by atoms with Crippen LogP contribution in [-0.4, -0.2) is 29.8 Å². The number of hydrogen-bond donors (Lipinski definition) is 2. The minimum absolute atomic E-state index is 0.0249. The van der Waals surface area contributed by atoms with Gasteiger partial charge in [-0.15, -0.1) is 11.3 Å². The lowest BCUT2D eigenvalue weighted by atomic mass is 9.92. The summed E-state index contributed by atoms with van der Waals surface area (Å²) in [7, 11) is 0. The van der Waals surface area contributed by atoms with Crippen molar-refractivity contribution >= 4 is 27.4 Å². The van der Waals surface area contributed by atoms with Crippen LogP contribution in [0.5, 0.6) is 0 Å². The molecule has 4 nitrogen and oxygen atoms in total. The monoisotopic (exact) mass is 305 g/mol. The molecule has 112 valence electrons. The zero-order chi connectivity index (χ0) is 14.9. The summed E-state index contributed by atoms with van der Waals surface area (Å²) in [6.07, 6.45) is 1.91. The van der Waals surface area contributed by atoms with Gasteiger partial charge in [-0.1, -0.05) is 18.2 Å². The molecule has 0 amide bonds. The van der Waals surface area contributed by atoms with Crippen LogP contribution in [0.2, 0.25) is 0 Å². The number of ether oxygens (including phenoxy) is 1. The number of thiophene rings is 1. The number of carboxylic acids is 1. The van der Waals surface area contributed by atoms with Gasteiger partial charge in [-0.25, -0.2) is 4.79 Å². The van der Waals surface area contributed by atoms with Gasteiger partial charge in [0.25, 0.3) is 0 Å². The smallest absolute Gasteiger partial charge is 0.346 e. The number of hydrogen-bond acceptors (Lipinski definition) is 4. The van der Waals surface area contributed by atoms with E-state index in [1.165, 1.54) is 11.3 Å². The quantitative estimate of drug-likeness (QED) is 0.910. The standard InChI is InChI=1S/C16H19NO3S/c1-16(6-8-20-9-7-16)17-10-12-11-4-2-3-5-13(11)21-14(12)15(18)19/h2-5,17H,6-10H2,1H3,(H,18,19). The van der Waals surface area contributed by atoms with Crippen LogP contribution in [0.25, 0.3) is 10.1 Å². The van der Waals surface area contributed by atoms with Crippen molar-refractivity contribution in [2.24, 2.45) is 0 Å². The first-order valence-corrected chi connectivity index (χ1v) is 7.97. The molecule has 0 spiro atoms. The zero-order valence-electron chi connectivity index (χ0n) is 12.0. The fourth-order valence-corrected chi connectivity index (χ4v) is 3.81. The van der Waals surface area contributed by atoms with Crippen LogP contribution in [0.15, 0.2) is 24.3 Å². The van der Waals surface area contributed by atoms with Gasteiger partial charge in [0, 0.05) is 30.0 Å². The molecule has 21 heavy (non-hydrogen) atoms. The lowest BCUT2D eigenvalue weighted by molar-refractivity contribution is 0.0445. The molecule has 0 radical (unpaired) electrons. The minimum Gasteiger partial charge on any atom is -0.477 e. The van der Waals surface area contributed by atoms with Gasteiger partial charge >= 0.3 is 5.97 Å². The van der Waals surface area contributed by atoms with Crippen molar-refractivity contribution in [3.63, 3.8) is 0 Å². The predicted octanol–water partition coefficient (Wildman–Crippen LogP) is 3.26. The summed E-state index contributed by atoms with van der Waals surface area (Å²) in [5, 5.41) is 14.0. The lowest BCUT2D eigenvalue weighted by Gasteiger charge is -2.34. The van der Waals surface area contributed by atoms with E-state index in [1.807, 2.05) is 24.3 Å². The van der Waals surface area contributed by atoms with E-state index in [4.69, 9.17) is 4.74 Å². The summed E-state index contributed by atoms with van der Waals surface area (Å²) in [5.41, 5.74) is 0.924. The Hall–Kier alpha value is -1.43. The largest absolute Gasteiger partial charge is 0.477 e. The van der Waals surface area contributed by atoms with Crippen molar-refractivity contribution in [1.82, 2.24) is 5.32 Å². The average Bonchev–Trinajstić information content (AvgIpc) is 2.85. The number of aromatic carboxylic acids is 1. The van der Waals surface area contributed by atoms with Gasteiger partial charge in [-0.05, 0) is 36.8 Å². The van der Waals surface area contributed by atoms with Crippen LogP contribution in [0.1, 0.15) is 35.0 Å². The third-order valence-corrected chi connectivity index (χ3v) is 5.38. The molecule has 3 rings (SSSR count). The maximum atomic E-state index is 11.5. The first kappa shape index (κ1) is 14.5. The molecule has 2 aromatic rings. The highest BCUT2D eigenvalue weighted by Gasteiger charge is 2.27. The molecule has 1 saturated heterocycles. The SMILES string of the molecule is CC1(NCc2c(C(=O)O)sc3ccccc23)CCOCC1. The third kappa shape index (κ3) is 2.95. The first-order valence-electron chi connectivity index (χ1n) is 7.15. The second-order valence-corrected chi connectivity index (χ2v) is 6.79. The van der Waals surface area contributed by atoms with Crippen LogP contribution in [-0.2, 0) is 11.3 Å². The molecule has 0 atom stereocenters. The first-order chi connectivity index (χ1) is 10.1. The summed E-state index contributed by atoms with van der Waals surface area (Å²) < 4.78 is 6.43. The highest BCUT2D eigenvalue weighted by Crippen LogP contribution is 2.32. The second-order valence-electron chi connectivity index (χ2n) is 5.74. The van der Waals surface area contributed by atoms with E-state index >= 15 is 0 Å². The molecule has 0 bridgehead atoms. The summed E-state index contributed by atoms with van der Waals surface area (Å²) in [5.74, 6) is -0.842. The van der Waals surface area contributed by atoms with Crippen molar-refractivity contribution in [3.05, 3.63) is 34.7 Å². The van der Waals surface area contributed by atoms with Gasteiger partial charge < -0.3 is 15.2 Å². The van der Waals surface area contributed by atoms with E-state index in [0.717, 1.165) is 41.7 Å². The molecule has 1 aliphatic rings. The van der Waals surface area contributed by atoms with Gasteiger partial charge in [0.2, 0.25) is 0 Å². The number of carbonyl (C=O) groups is 1. The fraction of sp³-hybridized carbons (Fsp3) is 0.438. The Morgan fingerprint density at radius 2 is 2.10 bits per heavy atom. The highest BCUT2D eigenvalue weighted by molar-refractivity contribution is 7.21. The summed E-state index contributed by atoms with van der Waals surface area (Å²) in [6.45, 7) is 4.30. The molecular formula is C16H19NO3S. The Bertz CT molecular complexity index is 659. The average molecular weight is 305 g/mol. The molecule has 1 aromatic carbocycles. The molecule has 1 aliphatic heterocycles. The van der Waals surface area contributed by atoms with E-state index in [-0.39, 0.29) is 5.54 Å². The van der Waals surface area contributed by atoms with Crippen molar-refractivity contribution in [2.45, 2.75) is 31.8 Å². The molecule has 2 heterocycles. The van der Waals surface area contributed by atoms with Gasteiger partial charge in [-0.2, -0.15) is 0 Å².